The smallest absolute Gasteiger partial charge is 0.273 e. The molecule has 1 aromatic heterocycles. The van der Waals surface area contributed by atoms with Crippen LogP contribution in [0.5, 0.6) is 0 Å². The Balaban J connectivity index is 0.00000256. The fourth-order valence-corrected chi connectivity index (χ4v) is 4.88. The molecule has 1 aromatic carbocycles. The van der Waals surface area contributed by atoms with Gasteiger partial charge in [0.05, 0.1) is 11.7 Å². The molecule has 2 heterocycles. The van der Waals surface area contributed by atoms with E-state index in [1.165, 1.54) is 18.6 Å². The van der Waals surface area contributed by atoms with Crippen molar-refractivity contribution in [3.8, 4) is 0 Å². The Morgan fingerprint density at radius 1 is 1.20 bits per heavy atom. The lowest BCUT2D eigenvalue weighted by Gasteiger charge is -2.38. The fraction of sp³-hybridized carbons (Fsp3) is 0.591. The van der Waals surface area contributed by atoms with Crippen molar-refractivity contribution >= 4 is 18.3 Å². The van der Waals surface area contributed by atoms with Crippen LogP contribution >= 0.6 is 12.4 Å². The van der Waals surface area contributed by atoms with E-state index in [-0.39, 0.29) is 29.5 Å². The lowest BCUT2D eigenvalue weighted by atomic mass is 9.69. The Bertz CT molecular complexity index is 842. The SMILES string of the molecule is Cc1c(C(=O)NCC2(c3ccc(F)cc3)CCCCC2)nnn1C1CCNCC1.Cl. The molecule has 164 valence electrons. The van der Waals surface area contributed by atoms with Gasteiger partial charge in [-0.2, -0.15) is 0 Å². The van der Waals surface area contributed by atoms with Crippen molar-refractivity contribution < 1.29 is 9.18 Å². The maximum absolute atomic E-state index is 13.4. The van der Waals surface area contributed by atoms with Crippen LogP contribution in [0.3, 0.4) is 0 Å². The van der Waals surface area contributed by atoms with Gasteiger partial charge >= 0.3 is 0 Å². The monoisotopic (exact) mass is 435 g/mol. The molecule has 30 heavy (non-hydrogen) atoms. The third-order valence-corrected chi connectivity index (χ3v) is 6.65. The van der Waals surface area contributed by atoms with Gasteiger partial charge in [-0.25, -0.2) is 9.07 Å². The Morgan fingerprint density at radius 2 is 1.87 bits per heavy atom. The van der Waals surface area contributed by atoms with Gasteiger partial charge in [0.25, 0.3) is 5.91 Å². The first kappa shape index (κ1) is 22.7. The quantitative estimate of drug-likeness (QED) is 0.751. The van der Waals surface area contributed by atoms with E-state index in [0.29, 0.717) is 18.3 Å². The lowest BCUT2D eigenvalue weighted by molar-refractivity contribution is 0.0930. The number of nitrogens with one attached hydrogen (secondary N) is 2. The molecule has 4 rings (SSSR count). The Labute approximate surface area is 183 Å². The van der Waals surface area contributed by atoms with E-state index < -0.39 is 0 Å². The number of piperidine rings is 1. The second kappa shape index (κ2) is 9.88. The minimum absolute atomic E-state index is 0. The summed E-state index contributed by atoms with van der Waals surface area (Å²) < 4.78 is 15.3. The van der Waals surface area contributed by atoms with Crippen molar-refractivity contribution in [3.05, 3.63) is 47.0 Å². The summed E-state index contributed by atoms with van der Waals surface area (Å²) in [6.45, 7) is 4.39. The van der Waals surface area contributed by atoms with E-state index in [0.717, 1.165) is 62.9 Å². The van der Waals surface area contributed by atoms with Crippen LogP contribution in [-0.4, -0.2) is 40.5 Å². The average molecular weight is 436 g/mol. The first-order valence-corrected chi connectivity index (χ1v) is 10.8. The molecule has 2 aliphatic rings. The summed E-state index contributed by atoms with van der Waals surface area (Å²) in [6, 6.07) is 7.07. The summed E-state index contributed by atoms with van der Waals surface area (Å²) in [7, 11) is 0. The van der Waals surface area contributed by atoms with Crippen LogP contribution in [0.4, 0.5) is 4.39 Å². The molecular formula is C22H31ClFN5O. The van der Waals surface area contributed by atoms with E-state index in [9.17, 15) is 9.18 Å². The summed E-state index contributed by atoms with van der Waals surface area (Å²) in [6.07, 6.45) is 7.45. The van der Waals surface area contributed by atoms with Gasteiger partial charge in [-0.15, -0.1) is 17.5 Å². The molecule has 2 fully saturated rings. The normalized spacial score (nSPS) is 19.1. The van der Waals surface area contributed by atoms with Crippen LogP contribution in [-0.2, 0) is 5.41 Å². The van der Waals surface area contributed by atoms with Crippen LogP contribution < -0.4 is 10.6 Å². The molecule has 0 bridgehead atoms. The predicted molar refractivity (Wildman–Crippen MR) is 117 cm³/mol. The van der Waals surface area contributed by atoms with Gasteiger partial charge in [-0.1, -0.05) is 36.6 Å². The number of benzene rings is 1. The molecule has 6 nitrogen and oxygen atoms in total. The first-order chi connectivity index (χ1) is 14.1. The van der Waals surface area contributed by atoms with Gasteiger partial charge in [-0.05, 0) is 63.4 Å². The average Bonchev–Trinajstić information content (AvgIpc) is 3.15. The number of amides is 1. The van der Waals surface area contributed by atoms with Crippen LogP contribution in [0.25, 0.3) is 0 Å². The third-order valence-electron chi connectivity index (χ3n) is 6.65. The van der Waals surface area contributed by atoms with E-state index in [4.69, 9.17) is 0 Å². The summed E-state index contributed by atoms with van der Waals surface area (Å²) in [5.74, 6) is -0.399. The number of nitrogens with zero attached hydrogens (tertiary/aromatic N) is 3. The van der Waals surface area contributed by atoms with Gasteiger partial charge in [0.2, 0.25) is 0 Å². The maximum Gasteiger partial charge on any atom is 0.273 e. The minimum atomic E-state index is -0.228. The molecule has 2 N–H and O–H groups in total. The number of hydrogen-bond donors (Lipinski definition) is 2. The molecule has 0 atom stereocenters. The molecule has 0 unspecified atom stereocenters. The molecule has 8 heteroatoms. The summed E-state index contributed by atoms with van der Waals surface area (Å²) in [4.78, 5) is 12.9. The van der Waals surface area contributed by atoms with E-state index in [1.54, 1.807) is 0 Å². The van der Waals surface area contributed by atoms with Crippen molar-refractivity contribution in [1.29, 1.82) is 0 Å². The standard InChI is InChI=1S/C22H30FN5O.ClH/c1-16-20(26-27-28(16)19-9-13-24-14-10-19)21(29)25-15-22(11-3-2-4-12-22)17-5-7-18(23)8-6-17;/h5-8,19,24H,2-4,9-15H2,1H3,(H,25,29);1H. The van der Waals surface area contributed by atoms with Crippen molar-refractivity contribution in [1.82, 2.24) is 25.6 Å². The third kappa shape index (κ3) is 4.67. The highest BCUT2D eigenvalue weighted by Gasteiger charge is 2.35. The Hall–Kier alpha value is -1.99. The van der Waals surface area contributed by atoms with Crippen LogP contribution in [0.1, 0.15) is 72.7 Å². The van der Waals surface area contributed by atoms with Gasteiger partial charge in [0, 0.05) is 12.0 Å². The molecule has 1 saturated carbocycles. The summed E-state index contributed by atoms with van der Waals surface area (Å²) >= 11 is 0. The topological polar surface area (TPSA) is 71.8 Å². The van der Waals surface area contributed by atoms with E-state index in [2.05, 4.69) is 20.9 Å². The molecule has 1 saturated heterocycles. The predicted octanol–water partition coefficient (Wildman–Crippen LogP) is 3.70. The van der Waals surface area contributed by atoms with E-state index >= 15 is 0 Å². The maximum atomic E-state index is 13.4. The van der Waals surface area contributed by atoms with Gasteiger partial charge < -0.3 is 10.6 Å². The van der Waals surface area contributed by atoms with Crippen molar-refractivity contribution in [2.45, 2.75) is 63.3 Å². The van der Waals surface area contributed by atoms with Crippen LogP contribution in [0.2, 0.25) is 0 Å². The molecule has 1 amide bonds. The van der Waals surface area contributed by atoms with Crippen LogP contribution in [0.15, 0.2) is 24.3 Å². The number of hydrogen-bond acceptors (Lipinski definition) is 4. The number of carbonyl (C=O) groups is 1. The Morgan fingerprint density at radius 3 is 2.53 bits per heavy atom. The number of rotatable bonds is 5. The van der Waals surface area contributed by atoms with Crippen molar-refractivity contribution in [3.63, 3.8) is 0 Å². The number of halogens is 2. The fourth-order valence-electron chi connectivity index (χ4n) is 4.88. The number of aromatic nitrogens is 3. The first-order valence-electron chi connectivity index (χ1n) is 10.8. The van der Waals surface area contributed by atoms with Crippen LogP contribution in [0, 0.1) is 12.7 Å². The Kier molecular flexibility index (Phi) is 7.47. The molecular weight excluding hydrogens is 405 g/mol. The van der Waals surface area contributed by atoms with Gasteiger partial charge in [-0.3, -0.25) is 4.79 Å². The highest BCUT2D eigenvalue weighted by molar-refractivity contribution is 5.93. The zero-order valence-corrected chi connectivity index (χ0v) is 18.3. The molecule has 1 aliphatic carbocycles. The second-order valence-corrected chi connectivity index (χ2v) is 8.48. The highest BCUT2D eigenvalue weighted by atomic mass is 35.5. The summed E-state index contributed by atoms with van der Waals surface area (Å²) in [5, 5.41) is 14.9. The van der Waals surface area contributed by atoms with Crippen molar-refractivity contribution in [2.75, 3.05) is 19.6 Å². The second-order valence-electron chi connectivity index (χ2n) is 8.48. The highest BCUT2D eigenvalue weighted by Crippen LogP contribution is 2.39. The number of carbonyl (C=O) groups excluding carboxylic acids is 1. The van der Waals surface area contributed by atoms with Crippen molar-refractivity contribution in [2.24, 2.45) is 0 Å². The molecule has 2 aromatic rings. The van der Waals surface area contributed by atoms with E-state index in [1.807, 2.05) is 23.7 Å². The summed E-state index contributed by atoms with van der Waals surface area (Å²) in [5.41, 5.74) is 2.21. The molecule has 0 spiro atoms. The van der Waals surface area contributed by atoms with Gasteiger partial charge in [0.1, 0.15) is 5.82 Å². The van der Waals surface area contributed by atoms with Gasteiger partial charge in [0.15, 0.2) is 5.69 Å². The largest absolute Gasteiger partial charge is 0.350 e. The zero-order chi connectivity index (χ0) is 20.3. The minimum Gasteiger partial charge on any atom is -0.350 e. The zero-order valence-electron chi connectivity index (χ0n) is 17.5. The molecule has 0 radical (unpaired) electrons. The molecule has 1 aliphatic heterocycles. The lowest BCUT2D eigenvalue weighted by Crippen LogP contribution is -2.42.